The Kier molecular flexibility index (Phi) is 7.45. The number of para-hydroxylation sites is 2. The molecule has 0 unspecified atom stereocenters. The van der Waals surface area contributed by atoms with E-state index in [1.165, 1.54) is 52.8 Å². The van der Waals surface area contributed by atoms with E-state index in [1.807, 2.05) is 11.8 Å². The Morgan fingerprint density at radius 2 is 0.808 bits per heavy atom. The van der Waals surface area contributed by atoms with Crippen molar-refractivity contribution in [3.63, 3.8) is 0 Å². The first-order valence-corrected chi connectivity index (χ1v) is 20.5. The lowest BCUT2D eigenvalue weighted by Gasteiger charge is -2.44. The first-order valence-electron chi connectivity index (χ1n) is 17.7. The lowest BCUT2D eigenvalue weighted by Crippen LogP contribution is -2.77. The van der Waals surface area contributed by atoms with Gasteiger partial charge in [-0.25, -0.2) is 0 Å². The van der Waals surface area contributed by atoms with Crippen molar-refractivity contribution in [2.75, 3.05) is 4.90 Å². The summed E-state index contributed by atoms with van der Waals surface area (Å²) in [6.07, 6.45) is 0. The molecular weight excluding hydrogens is 667 g/mol. The largest absolute Gasteiger partial charge is 0.455 e. The fourth-order valence-corrected chi connectivity index (χ4v) is 15.3. The van der Waals surface area contributed by atoms with Crippen LogP contribution in [0.15, 0.2) is 210 Å². The van der Waals surface area contributed by atoms with Crippen molar-refractivity contribution in [1.29, 1.82) is 0 Å². The summed E-state index contributed by atoms with van der Waals surface area (Å²) in [5, 5.41) is 5.40. The Hall–Kier alpha value is -6.07. The normalized spacial score (nSPS) is 13.2. The molecule has 0 saturated heterocycles. The van der Waals surface area contributed by atoms with E-state index in [4.69, 9.17) is 4.74 Å². The van der Waals surface area contributed by atoms with E-state index >= 15 is 0 Å². The molecule has 4 heteroatoms. The van der Waals surface area contributed by atoms with Gasteiger partial charge in [0.05, 0.1) is 5.69 Å². The number of rotatable bonds is 5. The summed E-state index contributed by atoms with van der Waals surface area (Å²) >= 11 is 1.89. The first kappa shape index (κ1) is 30.7. The van der Waals surface area contributed by atoms with Crippen LogP contribution >= 0.6 is 11.8 Å². The molecule has 0 aliphatic carbocycles. The number of benzene rings is 8. The first-order chi connectivity index (χ1) is 25.8. The maximum absolute atomic E-state index is 7.16. The van der Waals surface area contributed by atoms with Gasteiger partial charge in [-0.2, -0.15) is 0 Å². The van der Waals surface area contributed by atoms with E-state index in [0.29, 0.717) is 0 Å². The van der Waals surface area contributed by atoms with Crippen molar-refractivity contribution in [2.45, 2.75) is 9.79 Å². The van der Waals surface area contributed by atoms with Crippen LogP contribution in [-0.2, 0) is 0 Å². The predicted octanol–water partition coefficient (Wildman–Crippen LogP) is 10.4. The van der Waals surface area contributed by atoms with E-state index in [9.17, 15) is 0 Å². The van der Waals surface area contributed by atoms with Gasteiger partial charge in [-0.3, -0.25) is 0 Å². The molecule has 8 aromatic carbocycles. The van der Waals surface area contributed by atoms with Crippen molar-refractivity contribution in [2.24, 2.45) is 0 Å². The molecule has 0 atom stereocenters. The molecule has 0 fully saturated rings. The minimum atomic E-state index is -2.81. The van der Waals surface area contributed by atoms with Gasteiger partial charge in [0.15, 0.2) is 13.8 Å². The number of hydrogen-bond acceptors (Lipinski definition) is 3. The highest BCUT2D eigenvalue weighted by molar-refractivity contribution is 8.00. The van der Waals surface area contributed by atoms with E-state index in [1.54, 1.807) is 0 Å². The Labute approximate surface area is 309 Å². The van der Waals surface area contributed by atoms with E-state index in [2.05, 4.69) is 205 Å². The van der Waals surface area contributed by atoms with Crippen molar-refractivity contribution >= 4 is 57.6 Å². The average Bonchev–Trinajstić information content (AvgIpc) is 3.22. The summed E-state index contributed by atoms with van der Waals surface area (Å²) in [6.45, 7) is 0. The van der Waals surface area contributed by atoms with Gasteiger partial charge in [0.1, 0.15) is 5.75 Å². The minimum Gasteiger partial charge on any atom is -0.455 e. The third-order valence-corrected chi connectivity index (χ3v) is 16.8. The Bertz CT molecular complexity index is 2420. The molecule has 0 N–H and O–H groups in total. The highest BCUT2D eigenvalue weighted by Gasteiger charge is 2.52. The van der Waals surface area contributed by atoms with Crippen LogP contribution in [0.1, 0.15) is 0 Å². The second-order valence-corrected chi connectivity index (χ2v) is 18.0. The zero-order valence-electron chi connectivity index (χ0n) is 28.3. The fourth-order valence-electron chi connectivity index (χ4n) is 8.09. The molecule has 1 spiro atoms. The quantitative estimate of drug-likeness (QED) is 0.166. The molecule has 0 aromatic heterocycles. The molecular formula is C48H33NOSSi. The summed E-state index contributed by atoms with van der Waals surface area (Å²) in [4.78, 5) is 5.02. The molecule has 2 aliphatic heterocycles. The van der Waals surface area contributed by atoms with Gasteiger partial charge >= 0.3 is 0 Å². The van der Waals surface area contributed by atoms with Crippen LogP contribution in [0.5, 0.6) is 11.5 Å². The second-order valence-electron chi connectivity index (χ2n) is 13.3. The summed E-state index contributed by atoms with van der Waals surface area (Å²) in [6, 6.07) is 72.6. The van der Waals surface area contributed by atoms with Gasteiger partial charge in [-0.05, 0) is 91.5 Å². The number of ether oxygens (including phenoxy) is 1. The fraction of sp³-hybridized carbons (Fsp3) is 0. The summed E-state index contributed by atoms with van der Waals surface area (Å²) in [5.41, 5.74) is 7.92. The van der Waals surface area contributed by atoms with Crippen LogP contribution in [0.3, 0.4) is 0 Å². The van der Waals surface area contributed by atoms with E-state index in [-0.39, 0.29) is 0 Å². The van der Waals surface area contributed by atoms with Crippen LogP contribution in [0.25, 0.3) is 22.3 Å². The molecule has 52 heavy (non-hydrogen) atoms. The lowest BCUT2D eigenvalue weighted by atomic mass is 10.0. The number of hydrogen-bond donors (Lipinski definition) is 0. The molecule has 10 rings (SSSR count). The summed E-state index contributed by atoms with van der Waals surface area (Å²) in [5.74, 6) is 1.85. The smallest absolute Gasteiger partial charge is 0.190 e. The zero-order chi connectivity index (χ0) is 34.5. The highest BCUT2D eigenvalue weighted by atomic mass is 32.2. The van der Waals surface area contributed by atoms with Crippen LogP contribution in [0.2, 0.25) is 0 Å². The second kappa shape index (κ2) is 12.6. The van der Waals surface area contributed by atoms with Crippen molar-refractivity contribution < 1.29 is 4.74 Å². The minimum absolute atomic E-state index is 0.920. The van der Waals surface area contributed by atoms with E-state index < -0.39 is 8.07 Å². The van der Waals surface area contributed by atoms with Gasteiger partial charge in [0.25, 0.3) is 0 Å². The van der Waals surface area contributed by atoms with Gasteiger partial charge < -0.3 is 9.64 Å². The Morgan fingerprint density at radius 3 is 1.37 bits per heavy atom. The number of fused-ring (bicyclic) bond motifs is 8. The molecule has 0 amide bonds. The standard InChI is InChI=1S/C48H33NOSSi/c1-3-14-34(15-4-1)36-26-30-38(31-27-36)49(39-32-28-37(29-33-39)35-16-5-2-6-17-35)40-18-13-25-47-48(40)50-41-19-7-10-22-44(41)52(47)45-23-11-8-20-42(45)51-43-21-9-12-24-46(43)52/h1-33H. The molecule has 8 aromatic rings. The third-order valence-electron chi connectivity index (χ3n) is 10.4. The summed E-state index contributed by atoms with van der Waals surface area (Å²) < 4.78 is 7.16. The monoisotopic (exact) mass is 699 g/mol. The highest BCUT2D eigenvalue weighted by Crippen LogP contribution is 2.45. The van der Waals surface area contributed by atoms with Gasteiger partial charge in [-0.1, -0.05) is 163 Å². The molecule has 0 saturated carbocycles. The van der Waals surface area contributed by atoms with E-state index in [0.717, 1.165) is 28.6 Å². The maximum atomic E-state index is 7.16. The predicted molar refractivity (Wildman–Crippen MR) is 220 cm³/mol. The SMILES string of the molecule is c1ccc(-c2ccc(N(c3ccc(-c4ccccc4)cc3)c3cccc4c3Oc3ccccc3[Si]43c4ccccc4Sc4ccccc43)cc2)cc1. The lowest BCUT2D eigenvalue weighted by molar-refractivity contribution is 0.488. The molecule has 2 heterocycles. The van der Waals surface area contributed by atoms with Crippen LogP contribution in [0.4, 0.5) is 17.1 Å². The Balaban J connectivity index is 1.22. The summed E-state index contributed by atoms with van der Waals surface area (Å²) in [7, 11) is -2.81. The molecule has 0 radical (unpaired) electrons. The Morgan fingerprint density at radius 1 is 0.365 bits per heavy atom. The van der Waals surface area contributed by atoms with Gasteiger partial charge in [-0.15, -0.1) is 0 Å². The van der Waals surface area contributed by atoms with Crippen molar-refractivity contribution in [3.05, 3.63) is 200 Å². The topological polar surface area (TPSA) is 12.5 Å². The molecule has 2 nitrogen and oxygen atoms in total. The molecule has 2 aliphatic rings. The third kappa shape index (κ3) is 4.87. The van der Waals surface area contributed by atoms with Gasteiger partial charge in [0.2, 0.25) is 0 Å². The molecule has 0 bridgehead atoms. The van der Waals surface area contributed by atoms with Crippen LogP contribution in [0, 0.1) is 0 Å². The van der Waals surface area contributed by atoms with Gasteiger partial charge in [0, 0.05) is 21.2 Å². The maximum Gasteiger partial charge on any atom is 0.190 e. The van der Waals surface area contributed by atoms with Crippen molar-refractivity contribution in [1.82, 2.24) is 0 Å². The van der Waals surface area contributed by atoms with Crippen LogP contribution in [-0.4, -0.2) is 8.07 Å². The van der Waals surface area contributed by atoms with Crippen molar-refractivity contribution in [3.8, 4) is 33.8 Å². The average molecular weight is 700 g/mol. The number of anilines is 3. The number of nitrogens with zero attached hydrogens (tertiary/aromatic N) is 1. The zero-order valence-corrected chi connectivity index (χ0v) is 30.1. The molecule has 246 valence electrons. The van der Waals surface area contributed by atoms with Crippen LogP contribution < -0.4 is 30.4 Å².